The molecule has 1 amide bonds. The van der Waals surface area contributed by atoms with E-state index in [1.54, 1.807) is 29.2 Å². The second-order valence-corrected chi connectivity index (χ2v) is 6.95. The number of carbonyl (C=O) groups excluding carboxylic acids is 1. The molecule has 0 bridgehead atoms. The smallest absolute Gasteiger partial charge is 0.368 e. The summed E-state index contributed by atoms with van der Waals surface area (Å²) >= 11 is 0. The van der Waals surface area contributed by atoms with Gasteiger partial charge in [-0.2, -0.15) is 18.2 Å². The molecule has 1 fully saturated rings. The maximum Gasteiger partial charge on any atom is 0.471 e. The quantitative estimate of drug-likeness (QED) is 0.600. The molecule has 1 aliphatic heterocycles. The minimum Gasteiger partial charge on any atom is -0.368 e. The zero-order valence-electron chi connectivity index (χ0n) is 15.7. The summed E-state index contributed by atoms with van der Waals surface area (Å²) in [5.74, 6) is -2.09. The number of likely N-dealkylation sites (tertiary alicyclic amines) is 1. The fourth-order valence-electron chi connectivity index (χ4n) is 3.15. The molecule has 0 spiro atoms. The van der Waals surface area contributed by atoms with Crippen LogP contribution < -0.4 is 4.90 Å². The van der Waals surface area contributed by atoms with E-state index in [4.69, 9.17) is 0 Å². The number of hydrogen-bond acceptors (Lipinski definition) is 5. The number of carbonyl (C=O) groups is 1. The van der Waals surface area contributed by atoms with Crippen molar-refractivity contribution in [3.8, 4) is 11.4 Å². The van der Waals surface area contributed by atoms with Crippen LogP contribution >= 0.6 is 0 Å². The molecule has 1 aliphatic rings. The van der Waals surface area contributed by atoms with Crippen molar-refractivity contribution in [2.75, 3.05) is 25.0 Å². The molecule has 10 heteroatoms. The number of rotatable bonds is 4. The van der Waals surface area contributed by atoms with Gasteiger partial charge in [-0.3, -0.25) is 4.79 Å². The summed E-state index contributed by atoms with van der Waals surface area (Å²) < 4.78 is 55.0. The standard InChI is InChI=1S/C20H16F4N4O2/c1-27(16-10-28(11-16)18(29)13-2-6-14(21)7-3-13)15-8-4-12(5-9-15)17-25-19(30-26-17)20(22,23)24/h2-9,16H,10-11H2,1H3. The summed E-state index contributed by atoms with van der Waals surface area (Å²) in [6.07, 6.45) is -4.69. The molecule has 1 aromatic heterocycles. The van der Waals surface area contributed by atoms with Crippen LogP contribution in [0, 0.1) is 5.82 Å². The Kier molecular flexibility index (Phi) is 4.92. The molecule has 4 rings (SSSR count). The molecule has 0 aliphatic carbocycles. The Morgan fingerprint density at radius 3 is 2.30 bits per heavy atom. The molecule has 1 saturated heterocycles. The predicted octanol–water partition coefficient (Wildman–Crippen LogP) is 3.86. The lowest BCUT2D eigenvalue weighted by Gasteiger charge is -2.45. The lowest BCUT2D eigenvalue weighted by molar-refractivity contribution is -0.159. The van der Waals surface area contributed by atoms with Crippen molar-refractivity contribution in [3.05, 3.63) is 65.8 Å². The molecular formula is C20H16F4N4O2. The normalized spacial score (nSPS) is 14.5. The summed E-state index contributed by atoms with van der Waals surface area (Å²) in [5.41, 5.74) is 1.66. The van der Waals surface area contributed by atoms with Crippen molar-refractivity contribution in [3.63, 3.8) is 0 Å². The van der Waals surface area contributed by atoms with Crippen LogP contribution in [0.2, 0.25) is 0 Å². The van der Waals surface area contributed by atoms with E-state index in [1.165, 1.54) is 24.3 Å². The summed E-state index contributed by atoms with van der Waals surface area (Å²) in [4.78, 5) is 19.4. The number of halogens is 4. The first-order chi connectivity index (χ1) is 14.2. The molecule has 156 valence electrons. The van der Waals surface area contributed by atoms with Crippen LogP contribution in [0.3, 0.4) is 0 Å². The van der Waals surface area contributed by atoms with Gasteiger partial charge in [0.25, 0.3) is 5.91 Å². The third-order valence-corrected chi connectivity index (χ3v) is 4.99. The number of anilines is 1. The first-order valence-corrected chi connectivity index (χ1v) is 9.01. The van der Waals surface area contributed by atoms with Gasteiger partial charge < -0.3 is 14.3 Å². The van der Waals surface area contributed by atoms with E-state index in [9.17, 15) is 22.4 Å². The molecule has 2 heterocycles. The second-order valence-electron chi connectivity index (χ2n) is 6.95. The fraction of sp³-hybridized carbons (Fsp3) is 0.250. The number of benzene rings is 2. The highest BCUT2D eigenvalue weighted by atomic mass is 19.4. The van der Waals surface area contributed by atoms with Crippen LogP contribution in [0.15, 0.2) is 53.1 Å². The average molecular weight is 420 g/mol. The van der Waals surface area contributed by atoms with Gasteiger partial charge >= 0.3 is 12.1 Å². The van der Waals surface area contributed by atoms with Crippen LogP contribution in [0.4, 0.5) is 23.2 Å². The number of amides is 1. The summed E-state index contributed by atoms with van der Waals surface area (Å²) in [6, 6.07) is 12.2. The molecule has 0 saturated carbocycles. The monoisotopic (exact) mass is 420 g/mol. The van der Waals surface area contributed by atoms with Crippen LogP contribution in [0.1, 0.15) is 16.2 Å². The van der Waals surface area contributed by atoms with E-state index in [0.29, 0.717) is 24.2 Å². The van der Waals surface area contributed by atoms with Gasteiger partial charge in [-0.25, -0.2) is 4.39 Å². The molecular weight excluding hydrogens is 404 g/mol. The minimum absolute atomic E-state index is 0.0854. The second kappa shape index (κ2) is 7.43. The minimum atomic E-state index is -4.69. The van der Waals surface area contributed by atoms with E-state index in [0.717, 1.165) is 5.69 Å². The number of likely N-dealkylation sites (N-methyl/N-ethyl adjacent to an activating group) is 1. The van der Waals surface area contributed by atoms with Gasteiger partial charge in [0.05, 0.1) is 6.04 Å². The predicted molar refractivity (Wildman–Crippen MR) is 99.2 cm³/mol. The van der Waals surface area contributed by atoms with E-state index < -0.39 is 17.9 Å². The average Bonchev–Trinajstić information content (AvgIpc) is 3.18. The molecule has 0 N–H and O–H groups in total. The molecule has 6 nitrogen and oxygen atoms in total. The van der Waals surface area contributed by atoms with Crippen LogP contribution in [-0.4, -0.2) is 47.1 Å². The highest BCUT2D eigenvalue weighted by Crippen LogP contribution is 2.30. The van der Waals surface area contributed by atoms with Crippen molar-refractivity contribution >= 4 is 11.6 Å². The van der Waals surface area contributed by atoms with Crippen LogP contribution in [0.25, 0.3) is 11.4 Å². The molecule has 0 atom stereocenters. The Morgan fingerprint density at radius 2 is 1.73 bits per heavy atom. The van der Waals surface area contributed by atoms with Crippen molar-refractivity contribution in [1.29, 1.82) is 0 Å². The summed E-state index contributed by atoms with van der Waals surface area (Å²) in [5, 5.41) is 3.37. The number of hydrogen-bond donors (Lipinski definition) is 0. The van der Waals surface area contributed by atoms with Crippen molar-refractivity contribution in [2.24, 2.45) is 0 Å². The van der Waals surface area contributed by atoms with Gasteiger partial charge in [-0.1, -0.05) is 5.16 Å². The van der Waals surface area contributed by atoms with E-state index >= 15 is 0 Å². The fourth-order valence-corrected chi connectivity index (χ4v) is 3.15. The van der Waals surface area contributed by atoms with E-state index in [2.05, 4.69) is 14.7 Å². The zero-order chi connectivity index (χ0) is 21.5. The molecule has 2 aromatic carbocycles. The van der Waals surface area contributed by atoms with E-state index in [-0.39, 0.29) is 17.8 Å². The first kappa shape index (κ1) is 19.9. The molecule has 0 radical (unpaired) electrons. The Bertz CT molecular complexity index is 1040. The SMILES string of the molecule is CN(c1ccc(-c2noc(C(F)(F)F)n2)cc1)C1CN(C(=O)c2ccc(F)cc2)C1. The van der Waals surface area contributed by atoms with Crippen molar-refractivity contribution < 1.29 is 26.9 Å². The molecule has 30 heavy (non-hydrogen) atoms. The molecule has 0 unspecified atom stereocenters. The largest absolute Gasteiger partial charge is 0.471 e. The Balaban J connectivity index is 1.38. The van der Waals surface area contributed by atoms with Gasteiger partial charge in [0, 0.05) is 37.0 Å². The lowest BCUT2D eigenvalue weighted by atomic mass is 10.0. The summed E-state index contributed by atoms with van der Waals surface area (Å²) in [7, 11) is 1.87. The van der Waals surface area contributed by atoms with Gasteiger partial charge in [-0.15, -0.1) is 0 Å². The third kappa shape index (κ3) is 3.85. The van der Waals surface area contributed by atoms with Crippen molar-refractivity contribution in [2.45, 2.75) is 12.2 Å². The topological polar surface area (TPSA) is 62.5 Å². The first-order valence-electron chi connectivity index (χ1n) is 9.01. The van der Waals surface area contributed by atoms with Gasteiger partial charge in [-0.05, 0) is 48.5 Å². The number of nitrogens with zero attached hydrogens (tertiary/aromatic N) is 4. The maximum absolute atomic E-state index is 13.0. The highest BCUT2D eigenvalue weighted by Gasteiger charge is 2.38. The molecule has 3 aromatic rings. The highest BCUT2D eigenvalue weighted by molar-refractivity contribution is 5.94. The van der Waals surface area contributed by atoms with Gasteiger partial charge in [0.1, 0.15) is 5.82 Å². The zero-order valence-corrected chi connectivity index (χ0v) is 15.7. The Morgan fingerprint density at radius 1 is 1.10 bits per heavy atom. The van der Waals surface area contributed by atoms with Crippen molar-refractivity contribution in [1.82, 2.24) is 15.0 Å². The summed E-state index contributed by atoms with van der Waals surface area (Å²) in [6.45, 7) is 1.02. The maximum atomic E-state index is 13.0. The Hall–Kier alpha value is -3.43. The number of alkyl halides is 3. The van der Waals surface area contributed by atoms with Crippen LogP contribution in [-0.2, 0) is 6.18 Å². The third-order valence-electron chi connectivity index (χ3n) is 4.99. The van der Waals surface area contributed by atoms with Gasteiger partial charge in [0.15, 0.2) is 0 Å². The van der Waals surface area contributed by atoms with Crippen LogP contribution in [0.5, 0.6) is 0 Å². The van der Waals surface area contributed by atoms with E-state index in [1.807, 2.05) is 11.9 Å². The van der Waals surface area contributed by atoms with Gasteiger partial charge in [0.2, 0.25) is 5.82 Å². The Labute approximate surface area is 168 Å². The number of aromatic nitrogens is 2. The lowest BCUT2D eigenvalue weighted by Crippen LogP contribution is -2.60.